The van der Waals surface area contributed by atoms with E-state index < -0.39 is 0 Å². The fraction of sp³-hybridized carbons (Fsp3) is 0.462. The van der Waals surface area contributed by atoms with Gasteiger partial charge in [0.15, 0.2) is 0 Å². The predicted octanol–water partition coefficient (Wildman–Crippen LogP) is 1.40. The minimum Gasteiger partial charge on any atom is -0.471 e. The van der Waals surface area contributed by atoms with E-state index in [1.807, 2.05) is 0 Å². The highest BCUT2D eigenvalue weighted by molar-refractivity contribution is 7.80. The third-order valence-corrected chi connectivity index (χ3v) is 2.32. The van der Waals surface area contributed by atoms with Gasteiger partial charge >= 0.3 is 0 Å². The average molecular weight is 284 g/mol. The Balaban J connectivity index is 3.88. The highest BCUT2D eigenvalue weighted by Crippen LogP contribution is 1.99. The second-order valence-corrected chi connectivity index (χ2v) is 4.17. The molecule has 1 N–H and O–H groups in total. The lowest BCUT2D eigenvalue weighted by atomic mass is 10.3. The molecule has 106 valence electrons. The maximum absolute atomic E-state index is 11.8. The van der Waals surface area contributed by atoms with E-state index in [4.69, 9.17) is 17.0 Å². The first-order valence-corrected chi connectivity index (χ1v) is 6.36. The monoisotopic (exact) mass is 284 g/mol. The van der Waals surface area contributed by atoms with Gasteiger partial charge in [-0.2, -0.15) is 0 Å². The molecule has 2 amide bonds. The Kier molecular flexibility index (Phi) is 9.34. The summed E-state index contributed by atoms with van der Waals surface area (Å²) < 4.78 is 5.09. The van der Waals surface area contributed by atoms with Crippen LogP contribution in [0.5, 0.6) is 0 Å². The number of nitrogens with zero attached hydrogens (tertiary/aromatic N) is 1. The van der Waals surface area contributed by atoms with Crippen molar-refractivity contribution >= 4 is 29.2 Å². The molecule has 0 saturated carbocycles. The van der Waals surface area contributed by atoms with Gasteiger partial charge in [-0.3, -0.25) is 14.9 Å². The van der Waals surface area contributed by atoms with E-state index in [0.717, 1.165) is 0 Å². The molecular weight excluding hydrogens is 264 g/mol. The number of hydrogen-bond donors (Lipinski definition) is 1. The molecule has 0 bridgehead atoms. The second-order valence-electron chi connectivity index (χ2n) is 3.80. The van der Waals surface area contributed by atoms with Crippen LogP contribution in [0.25, 0.3) is 0 Å². The zero-order valence-corrected chi connectivity index (χ0v) is 12.0. The maximum Gasteiger partial charge on any atom is 0.263 e. The van der Waals surface area contributed by atoms with E-state index in [1.165, 1.54) is 6.92 Å². The topological polar surface area (TPSA) is 58.6 Å². The molecule has 0 heterocycles. The van der Waals surface area contributed by atoms with E-state index >= 15 is 0 Å². The van der Waals surface area contributed by atoms with Crippen molar-refractivity contribution in [2.75, 3.05) is 19.7 Å². The van der Waals surface area contributed by atoms with Crippen LogP contribution in [0.4, 0.5) is 0 Å². The van der Waals surface area contributed by atoms with Crippen molar-refractivity contribution in [1.82, 2.24) is 10.2 Å². The Bertz CT molecular complexity index is 346. The Morgan fingerprint density at radius 3 is 2.37 bits per heavy atom. The average Bonchev–Trinajstić information content (AvgIpc) is 2.33. The van der Waals surface area contributed by atoms with E-state index in [1.54, 1.807) is 17.1 Å². The van der Waals surface area contributed by atoms with Gasteiger partial charge in [-0.15, -0.1) is 13.2 Å². The first kappa shape index (κ1) is 17.3. The summed E-state index contributed by atoms with van der Waals surface area (Å²) in [5, 5.41) is 2.38. The largest absolute Gasteiger partial charge is 0.471 e. The van der Waals surface area contributed by atoms with Crippen LogP contribution in [0.1, 0.15) is 19.8 Å². The molecule has 0 fully saturated rings. The zero-order valence-electron chi connectivity index (χ0n) is 11.2. The van der Waals surface area contributed by atoms with Crippen LogP contribution in [-0.2, 0) is 14.3 Å². The molecule has 0 atom stereocenters. The zero-order chi connectivity index (χ0) is 14.7. The Morgan fingerprint density at radius 1 is 1.32 bits per heavy atom. The number of ether oxygens (including phenoxy) is 1. The molecule has 0 aliphatic rings. The van der Waals surface area contributed by atoms with Crippen molar-refractivity contribution in [3.63, 3.8) is 0 Å². The molecule has 6 heteroatoms. The van der Waals surface area contributed by atoms with Crippen molar-refractivity contribution in [2.45, 2.75) is 19.8 Å². The van der Waals surface area contributed by atoms with Crippen LogP contribution < -0.4 is 5.32 Å². The van der Waals surface area contributed by atoms with Crippen molar-refractivity contribution < 1.29 is 14.3 Å². The van der Waals surface area contributed by atoms with Gasteiger partial charge in [0.1, 0.15) is 0 Å². The van der Waals surface area contributed by atoms with Gasteiger partial charge in [-0.1, -0.05) is 12.2 Å². The molecule has 0 saturated heterocycles. The predicted molar refractivity (Wildman–Crippen MR) is 78.6 cm³/mol. The van der Waals surface area contributed by atoms with Gasteiger partial charge < -0.3 is 9.64 Å². The number of carbonyl (C=O) groups excluding carboxylic acids is 2. The standard InChI is InChI=1S/C13H20N2O3S/c1-4-8-15(9-5-2)12(17)7-6-10-18-13(19)14-11(3)16/h4-5H,1-2,6-10H2,3H3,(H,14,16,19). The smallest absolute Gasteiger partial charge is 0.263 e. The van der Waals surface area contributed by atoms with Gasteiger partial charge in [0, 0.05) is 26.4 Å². The van der Waals surface area contributed by atoms with Gasteiger partial charge in [-0.25, -0.2) is 0 Å². The second kappa shape index (κ2) is 10.3. The van der Waals surface area contributed by atoms with Crippen LogP contribution in [0, 0.1) is 0 Å². The van der Waals surface area contributed by atoms with Crippen LogP contribution >= 0.6 is 12.2 Å². The van der Waals surface area contributed by atoms with E-state index in [0.29, 0.717) is 32.5 Å². The first-order valence-electron chi connectivity index (χ1n) is 5.95. The maximum atomic E-state index is 11.8. The molecule has 0 radical (unpaired) electrons. The molecule has 0 aromatic carbocycles. The van der Waals surface area contributed by atoms with E-state index in [2.05, 4.69) is 18.5 Å². The minimum atomic E-state index is -0.274. The SMILES string of the molecule is C=CCN(CC=C)C(=O)CCCOC(=S)NC(C)=O. The summed E-state index contributed by atoms with van der Waals surface area (Å²) in [4.78, 5) is 24.1. The summed E-state index contributed by atoms with van der Waals surface area (Å²) in [6.07, 6.45) is 4.22. The molecule has 0 unspecified atom stereocenters. The van der Waals surface area contributed by atoms with Gasteiger partial charge in [-0.05, 0) is 18.6 Å². The number of thiocarbonyl (C=S) groups is 1. The highest BCUT2D eigenvalue weighted by Gasteiger charge is 2.10. The summed E-state index contributed by atoms with van der Waals surface area (Å²) in [5.74, 6) is -0.266. The van der Waals surface area contributed by atoms with Gasteiger partial charge in [0.05, 0.1) is 6.61 Å². The van der Waals surface area contributed by atoms with E-state index in [9.17, 15) is 9.59 Å². The lowest BCUT2D eigenvalue weighted by molar-refractivity contribution is -0.130. The van der Waals surface area contributed by atoms with Crippen molar-refractivity contribution in [1.29, 1.82) is 0 Å². The Morgan fingerprint density at radius 2 is 1.89 bits per heavy atom. The molecule has 5 nitrogen and oxygen atoms in total. The molecule has 0 rings (SSSR count). The summed E-state index contributed by atoms with van der Waals surface area (Å²) >= 11 is 4.77. The van der Waals surface area contributed by atoms with Crippen molar-refractivity contribution in [3.05, 3.63) is 25.3 Å². The normalized spacial score (nSPS) is 9.32. The Hall–Kier alpha value is -1.69. The summed E-state index contributed by atoms with van der Waals surface area (Å²) in [5.41, 5.74) is 0. The van der Waals surface area contributed by atoms with Crippen LogP contribution in [-0.4, -0.2) is 41.6 Å². The highest BCUT2D eigenvalue weighted by atomic mass is 32.1. The number of hydrogen-bond acceptors (Lipinski definition) is 4. The fourth-order valence-electron chi connectivity index (χ4n) is 1.32. The third kappa shape index (κ3) is 8.96. The van der Waals surface area contributed by atoms with Gasteiger partial charge in [0.25, 0.3) is 5.17 Å². The lowest BCUT2D eigenvalue weighted by Crippen LogP contribution is -2.32. The quantitative estimate of drug-likeness (QED) is 0.416. The number of rotatable bonds is 8. The molecule has 0 spiro atoms. The van der Waals surface area contributed by atoms with Crippen molar-refractivity contribution in [3.8, 4) is 0 Å². The number of carbonyl (C=O) groups is 2. The molecule has 0 aromatic rings. The van der Waals surface area contributed by atoms with E-state index in [-0.39, 0.29) is 17.0 Å². The van der Waals surface area contributed by atoms with Crippen LogP contribution in [0.3, 0.4) is 0 Å². The first-order chi connectivity index (χ1) is 9.01. The summed E-state index contributed by atoms with van der Waals surface area (Å²) in [6, 6.07) is 0. The molecular formula is C13H20N2O3S. The third-order valence-electron chi connectivity index (χ3n) is 2.10. The van der Waals surface area contributed by atoms with Crippen LogP contribution in [0.2, 0.25) is 0 Å². The lowest BCUT2D eigenvalue weighted by Gasteiger charge is -2.19. The molecule has 19 heavy (non-hydrogen) atoms. The Labute approximate surface area is 119 Å². The van der Waals surface area contributed by atoms with Crippen molar-refractivity contribution in [2.24, 2.45) is 0 Å². The number of amides is 2. The fourth-order valence-corrected chi connectivity index (χ4v) is 1.54. The van der Waals surface area contributed by atoms with Gasteiger partial charge in [0.2, 0.25) is 11.8 Å². The summed E-state index contributed by atoms with van der Waals surface area (Å²) in [6.45, 7) is 9.84. The minimum absolute atomic E-state index is 0.00819. The van der Waals surface area contributed by atoms with Crippen LogP contribution in [0.15, 0.2) is 25.3 Å². The summed E-state index contributed by atoms with van der Waals surface area (Å²) in [7, 11) is 0. The molecule has 0 aliphatic heterocycles. The molecule has 0 aromatic heterocycles. The number of nitrogens with one attached hydrogen (secondary N) is 1. The molecule has 0 aliphatic carbocycles.